The molecule has 0 atom stereocenters. The molecule has 0 radical (unpaired) electrons. The molecule has 0 aliphatic rings. The van der Waals surface area contributed by atoms with Crippen molar-refractivity contribution in [2.45, 2.75) is 6.18 Å². The summed E-state index contributed by atoms with van der Waals surface area (Å²) in [6.07, 6.45) is -4.57. The van der Waals surface area contributed by atoms with Crippen LogP contribution in [0.2, 0.25) is 0 Å². The van der Waals surface area contributed by atoms with Crippen LogP contribution >= 0.6 is 0 Å². The molecule has 2 N–H and O–H groups in total. The SMILES string of the molecule is COc1ccc2c(C(F)(F)F)nc(N)nc2c1. The zero-order valence-electron chi connectivity index (χ0n) is 8.75. The molecule has 0 aliphatic heterocycles. The van der Waals surface area contributed by atoms with Crippen LogP contribution in [0.1, 0.15) is 5.69 Å². The number of nitrogens with two attached hydrogens (primary N) is 1. The summed E-state index contributed by atoms with van der Waals surface area (Å²) in [7, 11) is 1.41. The van der Waals surface area contributed by atoms with Gasteiger partial charge in [-0.2, -0.15) is 13.2 Å². The highest BCUT2D eigenvalue weighted by molar-refractivity contribution is 5.83. The average Bonchev–Trinajstić information content (AvgIpc) is 2.25. The number of hydrogen-bond acceptors (Lipinski definition) is 4. The number of fused-ring (bicyclic) bond motifs is 1. The van der Waals surface area contributed by atoms with Crippen molar-refractivity contribution >= 4 is 16.9 Å². The largest absolute Gasteiger partial charge is 0.497 e. The van der Waals surface area contributed by atoms with Crippen molar-refractivity contribution in [1.82, 2.24) is 9.97 Å². The number of nitrogen functional groups attached to an aromatic ring is 1. The van der Waals surface area contributed by atoms with Crippen LogP contribution in [0.25, 0.3) is 10.9 Å². The summed E-state index contributed by atoms with van der Waals surface area (Å²) < 4.78 is 43.0. The van der Waals surface area contributed by atoms with Gasteiger partial charge < -0.3 is 10.5 Å². The first-order valence-electron chi connectivity index (χ1n) is 4.60. The van der Waals surface area contributed by atoms with Gasteiger partial charge >= 0.3 is 6.18 Å². The Morgan fingerprint density at radius 3 is 2.53 bits per heavy atom. The van der Waals surface area contributed by atoms with E-state index >= 15 is 0 Å². The zero-order chi connectivity index (χ0) is 12.6. The highest BCUT2D eigenvalue weighted by Gasteiger charge is 2.35. The number of rotatable bonds is 1. The average molecular weight is 243 g/mol. The van der Waals surface area contributed by atoms with Crippen LogP contribution < -0.4 is 10.5 Å². The number of benzene rings is 1. The second-order valence-corrected chi connectivity index (χ2v) is 3.31. The number of hydrogen-bond donors (Lipinski definition) is 1. The van der Waals surface area contributed by atoms with Crippen molar-refractivity contribution in [3.63, 3.8) is 0 Å². The minimum Gasteiger partial charge on any atom is -0.497 e. The van der Waals surface area contributed by atoms with E-state index in [4.69, 9.17) is 10.5 Å². The maximum Gasteiger partial charge on any atom is 0.434 e. The lowest BCUT2D eigenvalue weighted by Gasteiger charge is -2.10. The first kappa shape index (κ1) is 11.4. The van der Waals surface area contributed by atoms with Gasteiger partial charge in [-0.25, -0.2) is 9.97 Å². The van der Waals surface area contributed by atoms with Crippen LogP contribution in [0.15, 0.2) is 18.2 Å². The third kappa shape index (κ3) is 2.08. The van der Waals surface area contributed by atoms with Gasteiger partial charge in [-0.15, -0.1) is 0 Å². The van der Waals surface area contributed by atoms with Gasteiger partial charge in [0.25, 0.3) is 0 Å². The summed E-state index contributed by atoms with van der Waals surface area (Å²) in [6.45, 7) is 0. The third-order valence-corrected chi connectivity index (χ3v) is 2.19. The molecule has 0 fully saturated rings. The molecule has 0 saturated carbocycles. The van der Waals surface area contributed by atoms with E-state index in [1.165, 1.54) is 25.3 Å². The summed E-state index contributed by atoms with van der Waals surface area (Å²) in [4.78, 5) is 6.97. The lowest BCUT2D eigenvalue weighted by molar-refractivity contribution is -0.139. The van der Waals surface area contributed by atoms with Gasteiger partial charge in [0.2, 0.25) is 5.95 Å². The molecule has 90 valence electrons. The number of nitrogens with zero attached hydrogens (tertiary/aromatic N) is 2. The molecule has 0 spiro atoms. The Morgan fingerprint density at radius 2 is 1.94 bits per heavy atom. The fourth-order valence-corrected chi connectivity index (χ4v) is 1.47. The summed E-state index contributed by atoms with van der Waals surface area (Å²) >= 11 is 0. The molecule has 0 saturated heterocycles. The maximum atomic E-state index is 12.7. The van der Waals surface area contributed by atoms with Crippen molar-refractivity contribution in [3.05, 3.63) is 23.9 Å². The Balaban J connectivity index is 2.77. The lowest BCUT2D eigenvalue weighted by Crippen LogP contribution is -2.11. The second-order valence-electron chi connectivity index (χ2n) is 3.31. The molecule has 7 heteroatoms. The Labute approximate surface area is 94.2 Å². The zero-order valence-corrected chi connectivity index (χ0v) is 8.75. The Kier molecular flexibility index (Phi) is 2.53. The van der Waals surface area contributed by atoms with Crippen LogP contribution in [0.5, 0.6) is 5.75 Å². The van der Waals surface area contributed by atoms with Crippen molar-refractivity contribution in [2.24, 2.45) is 0 Å². The van der Waals surface area contributed by atoms with E-state index in [2.05, 4.69) is 9.97 Å². The van der Waals surface area contributed by atoms with E-state index in [0.717, 1.165) is 0 Å². The first-order chi connectivity index (χ1) is 7.91. The third-order valence-electron chi connectivity index (χ3n) is 2.19. The van der Waals surface area contributed by atoms with E-state index in [1.807, 2.05) is 0 Å². The molecule has 0 aliphatic carbocycles. The molecule has 17 heavy (non-hydrogen) atoms. The monoisotopic (exact) mass is 243 g/mol. The molecule has 2 rings (SSSR count). The van der Waals surface area contributed by atoms with Gasteiger partial charge in [0.1, 0.15) is 5.75 Å². The minimum atomic E-state index is -4.57. The number of ether oxygens (including phenoxy) is 1. The van der Waals surface area contributed by atoms with Gasteiger partial charge in [0.05, 0.1) is 12.6 Å². The lowest BCUT2D eigenvalue weighted by atomic mass is 10.1. The van der Waals surface area contributed by atoms with Crippen LogP contribution in [0.4, 0.5) is 19.1 Å². The first-order valence-corrected chi connectivity index (χ1v) is 4.60. The van der Waals surface area contributed by atoms with Gasteiger partial charge in [-0.05, 0) is 12.1 Å². The molecule has 0 unspecified atom stereocenters. The summed E-state index contributed by atoms with van der Waals surface area (Å²) in [6, 6.07) is 4.05. The standard InChI is InChI=1S/C10H8F3N3O/c1-17-5-2-3-6-7(4-5)15-9(14)16-8(6)10(11,12)13/h2-4H,1H3,(H2,14,15,16). The van der Waals surface area contributed by atoms with E-state index < -0.39 is 17.8 Å². The summed E-state index contributed by atoms with van der Waals surface area (Å²) in [5.41, 5.74) is 4.31. The molecular weight excluding hydrogens is 235 g/mol. The Bertz CT molecular complexity index is 568. The Morgan fingerprint density at radius 1 is 1.24 bits per heavy atom. The number of anilines is 1. The van der Waals surface area contributed by atoms with Gasteiger partial charge in [-0.1, -0.05) is 0 Å². The number of methoxy groups -OCH3 is 1. The molecule has 0 bridgehead atoms. The quantitative estimate of drug-likeness (QED) is 0.834. The van der Waals surface area contributed by atoms with Crippen molar-refractivity contribution < 1.29 is 17.9 Å². The number of alkyl halides is 3. The molecule has 1 aromatic carbocycles. The smallest absolute Gasteiger partial charge is 0.434 e. The fraction of sp³-hybridized carbons (Fsp3) is 0.200. The molecular formula is C10H8F3N3O. The topological polar surface area (TPSA) is 61.0 Å². The fourth-order valence-electron chi connectivity index (χ4n) is 1.47. The van der Waals surface area contributed by atoms with Crippen LogP contribution in [-0.2, 0) is 6.18 Å². The van der Waals surface area contributed by atoms with Crippen molar-refractivity contribution in [2.75, 3.05) is 12.8 Å². The van der Waals surface area contributed by atoms with E-state index in [1.54, 1.807) is 0 Å². The predicted octanol–water partition coefficient (Wildman–Crippen LogP) is 2.24. The van der Waals surface area contributed by atoms with Gasteiger partial charge in [0.15, 0.2) is 5.69 Å². The van der Waals surface area contributed by atoms with Crippen LogP contribution in [0, 0.1) is 0 Å². The number of aromatic nitrogens is 2. The van der Waals surface area contributed by atoms with Gasteiger partial charge in [-0.3, -0.25) is 0 Å². The molecule has 1 heterocycles. The van der Waals surface area contributed by atoms with Crippen LogP contribution in [-0.4, -0.2) is 17.1 Å². The van der Waals surface area contributed by atoms with Crippen molar-refractivity contribution in [3.8, 4) is 5.75 Å². The molecule has 4 nitrogen and oxygen atoms in total. The highest BCUT2D eigenvalue weighted by Crippen LogP contribution is 2.34. The number of halogens is 3. The molecule has 1 aromatic heterocycles. The van der Waals surface area contributed by atoms with E-state index in [-0.39, 0.29) is 10.9 Å². The normalized spacial score (nSPS) is 11.8. The molecule has 2 aromatic rings. The predicted molar refractivity (Wildman–Crippen MR) is 55.5 cm³/mol. The molecule has 0 amide bonds. The van der Waals surface area contributed by atoms with Crippen LogP contribution in [0.3, 0.4) is 0 Å². The maximum absolute atomic E-state index is 12.7. The van der Waals surface area contributed by atoms with Gasteiger partial charge in [0, 0.05) is 11.5 Å². The minimum absolute atomic E-state index is 0.101. The van der Waals surface area contributed by atoms with E-state index in [9.17, 15) is 13.2 Å². The van der Waals surface area contributed by atoms with E-state index in [0.29, 0.717) is 5.75 Å². The Hall–Kier alpha value is -2.05. The summed E-state index contributed by atoms with van der Waals surface area (Å²) in [5.74, 6) is -0.0122. The highest BCUT2D eigenvalue weighted by atomic mass is 19.4. The van der Waals surface area contributed by atoms with Crippen molar-refractivity contribution in [1.29, 1.82) is 0 Å². The summed E-state index contributed by atoms with van der Waals surface area (Å²) in [5, 5.41) is -0.104. The second kappa shape index (κ2) is 3.76.